The van der Waals surface area contributed by atoms with Crippen molar-refractivity contribution in [1.29, 1.82) is 0 Å². The molecule has 0 spiro atoms. The molecule has 2 aromatic carbocycles. The van der Waals surface area contributed by atoms with Crippen molar-refractivity contribution in [3.05, 3.63) is 58.6 Å². The van der Waals surface area contributed by atoms with Crippen LogP contribution >= 0.6 is 11.6 Å². The minimum Gasteiger partial charge on any atom is -0.0837 e. The Labute approximate surface area is 95.5 Å². The van der Waals surface area contributed by atoms with Gasteiger partial charge in [-0.2, -0.15) is 0 Å². The zero-order valence-corrected chi connectivity index (χ0v) is 9.68. The van der Waals surface area contributed by atoms with Crippen LogP contribution in [-0.2, 0) is 0 Å². The van der Waals surface area contributed by atoms with Gasteiger partial charge in [0.2, 0.25) is 0 Å². The third-order valence-electron chi connectivity index (χ3n) is 2.62. The number of hydrogen-bond donors (Lipinski definition) is 0. The second-order valence-electron chi connectivity index (χ2n) is 3.75. The van der Waals surface area contributed by atoms with Gasteiger partial charge in [-0.3, -0.25) is 0 Å². The van der Waals surface area contributed by atoms with Crippen molar-refractivity contribution in [2.45, 2.75) is 13.8 Å². The first-order valence-corrected chi connectivity index (χ1v) is 5.39. The molecule has 0 N–H and O–H groups in total. The Kier molecular flexibility index (Phi) is 2.79. The van der Waals surface area contributed by atoms with E-state index in [4.69, 9.17) is 11.6 Å². The van der Waals surface area contributed by atoms with Gasteiger partial charge < -0.3 is 0 Å². The molecule has 0 bridgehead atoms. The molecule has 0 aliphatic heterocycles. The van der Waals surface area contributed by atoms with Gasteiger partial charge in [0.15, 0.2) is 0 Å². The molecule has 0 aliphatic carbocycles. The van der Waals surface area contributed by atoms with Crippen LogP contribution in [0.3, 0.4) is 0 Å². The topological polar surface area (TPSA) is 0 Å². The summed E-state index contributed by atoms with van der Waals surface area (Å²) in [5, 5.41) is 0.815. The molecule has 0 nitrogen and oxygen atoms in total. The minimum atomic E-state index is 0.815. The van der Waals surface area contributed by atoms with Crippen molar-refractivity contribution in [3.8, 4) is 11.1 Å². The average molecular weight is 217 g/mol. The molecule has 1 heteroatoms. The third kappa shape index (κ3) is 1.91. The summed E-state index contributed by atoms with van der Waals surface area (Å²) in [5.74, 6) is 0. The molecular weight excluding hydrogens is 204 g/mol. The zero-order valence-electron chi connectivity index (χ0n) is 8.92. The first-order chi connectivity index (χ1) is 7.20. The van der Waals surface area contributed by atoms with Gasteiger partial charge >= 0.3 is 0 Å². The minimum absolute atomic E-state index is 0.815. The Hall–Kier alpha value is -1.27. The summed E-state index contributed by atoms with van der Waals surface area (Å²) in [5.41, 5.74) is 4.91. The third-order valence-corrected chi connectivity index (χ3v) is 2.95. The molecule has 0 radical (unpaired) electrons. The van der Waals surface area contributed by atoms with E-state index in [1.54, 1.807) is 0 Å². The fourth-order valence-corrected chi connectivity index (χ4v) is 2.13. The largest absolute Gasteiger partial charge is 0.0837 e. The Morgan fingerprint density at radius 1 is 0.800 bits per heavy atom. The monoisotopic (exact) mass is 216 g/mol. The van der Waals surface area contributed by atoms with E-state index < -0.39 is 0 Å². The van der Waals surface area contributed by atoms with E-state index >= 15 is 0 Å². The number of aryl methyl sites for hydroxylation is 2. The second-order valence-corrected chi connectivity index (χ2v) is 4.15. The van der Waals surface area contributed by atoms with E-state index in [1.807, 2.05) is 18.2 Å². The predicted molar refractivity (Wildman–Crippen MR) is 66.4 cm³/mol. The molecule has 0 atom stereocenters. The maximum absolute atomic E-state index is 6.20. The van der Waals surface area contributed by atoms with Gasteiger partial charge in [0, 0.05) is 10.6 Å². The Bertz CT molecular complexity index is 466. The van der Waals surface area contributed by atoms with Crippen molar-refractivity contribution in [2.75, 3.05) is 0 Å². The Morgan fingerprint density at radius 3 is 2.00 bits per heavy atom. The van der Waals surface area contributed by atoms with Crippen LogP contribution in [-0.4, -0.2) is 0 Å². The quantitative estimate of drug-likeness (QED) is 0.652. The number of halogens is 1. The highest BCUT2D eigenvalue weighted by atomic mass is 35.5. The van der Waals surface area contributed by atoms with Crippen LogP contribution in [0.5, 0.6) is 0 Å². The van der Waals surface area contributed by atoms with E-state index in [2.05, 4.69) is 38.1 Å². The van der Waals surface area contributed by atoms with Crippen LogP contribution in [0.1, 0.15) is 11.1 Å². The van der Waals surface area contributed by atoms with Crippen molar-refractivity contribution in [1.82, 2.24) is 0 Å². The molecule has 15 heavy (non-hydrogen) atoms. The van der Waals surface area contributed by atoms with E-state index in [9.17, 15) is 0 Å². The maximum Gasteiger partial charge on any atom is 0.0484 e. The molecule has 0 heterocycles. The normalized spacial score (nSPS) is 10.3. The first-order valence-electron chi connectivity index (χ1n) is 5.01. The SMILES string of the molecule is Cc1cccc(C)c1-c1ccccc1Cl. The van der Waals surface area contributed by atoms with Gasteiger partial charge in [0.1, 0.15) is 0 Å². The van der Waals surface area contributed by atoms with Crippen molar-refractivity contribution < 1.29 is 0 Å². The van der Waals surface area contributed by atoms with Gasteiger partial charge in [-0.1, -0.05) is 48.0 Å². The van der Waals surface area contributed by atoms with Gasteiger partial charge in [-0.15, -0.1) is 0 Å². The van der Waals surface area contributed by atoms with Crippen LogP contribution < -0.4 is 0 Å². The van der Waals surface area contributed by atoms with E-state index in [-0.39, 0.29) is 0 Å². The molecule has 0 unspecified atom stereocenters. The zero-order chi connectivity index (χ0) is 10.8. The molecule has 0 aromatic heterocycles. The highest BCUT2D eigenvalue weighted by molar-refractivity contribution is 6.33. The standard InChI is InChI=1S/C14H13Cl/c1-10-6-5-7-11(2)14(10)12-8-3-4-9-13(12)15/h3-9H,1-2H3. The van der Waals surface area contributed by atoms with Crippen LogP contribution in [0.2, 0.25) is 5.02 Å². The van der Waals surface area contributed by atoms with Crippen molar-refractivity contribution in [3.63, 3.8) is 0 Å². The molecule has 0 saturated carbocycles. The van der Waals surface area contributed by atoms with Crippen LogP contribution in [0, 0.1) is 13.8 Å². The lowest BCUT2D eigenvalue weighted by molar-refractivity contribution is 1.38. The molecule has 0 amide bonds. The van der Waals surface area contributed by atoms with Gasteiger partial charge in [-0.05, 0) is 36.6 Å². The summed E-state index contributed by atoms with van der Waals surface area (Å²) >= 11 is 6.20. The van der Waals surface area contributed by atoms with Crippen molar-refractivity contribution >= 4 is 11.6 Å². The summed E-state index contributed by atoms with van der Waals surface area (Å²) < 4.78 is 0. The highest BCUT2D eigenvalue weighted by Gasteiger charge is 2.07. The summed E-state index contributed by atoms with van der Waals surface area (Å²) in [7, 11) is 0. The molecule has 76 valence electrons. The molecule has 0 aliphatic rings. The second kappa shape index (κ2) is 4.08. The Balaban J connectivity index is 2.69. The van der Waals surface area contributed by atoms with Crippen LogP contribution in [0.25, 0.3) is 11.1 Å². The summed E-state index contributed by atoms with van der Waals surface area (Å²) in [6.45, 7) is 4.23. The van der Waals surface area contributed by atoms with Gasteiger partial charge in [0.25, 0.3) is 0 Å². The number of hydrogen-bond acceptors (Lipinski definition) is 0. The smallest absolute Gasteiger partial charge is 0.0484 e. The lowest BCUT2D eigenvalue weighted by atomic mass is 9.96. The number of benzene rings is 2. The molecular formula is C14H13Cl. The predicted octanol–water partition coefficient (Wildman–Crippen LogP) is 4.62. The maximum atomic E-state index is 6.20. The highest BCUT2D eigenvalue weighted by Crippen LogP contribution is 2.32. The lowest BCUT2D eigenvalue weighted by Gasteiger charge is -2.11. The van der Waals surface area contributed by atoms with Crippen molar-refractivity contribution in [2.24, 2.45) is 0 Å². The van der Waals surface area contributed by atoms with Gasteiger partial charge in [-0.25, -0.2) is 0 Å². The summed E-state index contributed by atoms with van der Waals surface area (Å²) in [6, 6.07) is 14.3. The lowest BCUT2D eigenvalue weighted by Crippen LogP contribution is -1.88. The molecule has 2 aromatic rings. The summed E-state index contributed by atoms with van der Waals surface area (Å²) in [6.07, 6.45) is 0. The fourth-order valence-electron chi connectivity index (χ4n) is 1.90. The van der Waals surface area contributed by atoms with Crippen LogP contribution in [0.4, 0.5) is 0 Å². The van der Waals surface area contributed by atoms with E-state index in [0.717, 1.165) is 10.6 Å². The van der Waals surface area contributed by atoms with Gasteiger partial charge in [0.05, 0.1) is 0 Å². The molecule has 2 rings (SSSR count). The first kappa shape index (κ1) is 10.3. The Morgan fingerprint density at radius 2 is 1.40 bits per heavy atom. The summed E-state index contributed by atoms with van der Waals surface area (Å²) in [4.78, 5) is 0. The number of rotatable bonds is 1. The average Bonchev–Trinajstić information content (AvgIpc) is 2.20. The molecule has 0 fully saturated rings. The van der Waals surface area contributed by atoms with Crippen LogP contribution in [0.15, 0.2) is 42.5 Å². The van der Waals surface area contributed by atoms with E-state index in [0.29, 0.717) is 0 Å². The molecule has 0 saturated heterocycles. The van der Waals surface area contributed by atoms with E-state index in [1.165, 1.54) is 16.7 Å². The fraction of sp³-hybridized carbons (Fsp3) is 0.143.